The molecule has 1 aromatic carbocycles. The van der Waals surface area contributed by atoms with Gasteiger partial charge in [-0.2, -0.15) is 0 Å². The lowest BCUT2D eigenvalue weighted by atomic mass is 9.96. The number of halogens is 1. The van der Waals surface area contributed by atoms with Crippen LogP contribution in [0.25, 0.3) is 0 Å². The molecule has 1 saturated heterocycles. The van der Waals surface area contributed by atoms with Gasteiger partial charge in [0.1, 0.15) is 16.4 Å². The van der Waals surface area contributed by atoms with E-state index in [1.807, 2.05) is 31.2 Å². The molecule has 0 bridgehead atoms. The minimum atomic E-state index is -0.791. The van der Waals surface area contributed by atoms with Crippen LogP contribution in [0.4, 0.5) is 0 Å². The molecule has 1 fully saturated rings. The number of ether oxygens (including phenoxy) is 1. The van der Waals surface area contributed by atoms with E-state index in [0.717, 1.165) is 49.5 Å². The summed E-state index contributed by atoms with van der Waals surface area (Å²) in [6, 6.07) is 7.49. The second-order valence-electron chi connectivity index (χ2n) is 6.19. The van der Waals surface area contributed by atoms with Crippen molar-refractivity contribution in [3.63, 3.8) is 0 Å². The molecule has 0 saturated carbocycles. The number of aryl methyl sites for hydroxylation is 1. The smallest absolute Gasteiger partial charge is 0.137 e. The Labute approximate surface area is 151 Å². The Morgan fingerprint density at radius 2 is 2.17 bits per heavy atom. The Balaban J connectivity index is 1.65. The number of aromatic nitrogens is 1. The summed E-state index contributed by atoms with van der Waals surface area (Å²) in [6.45, 7) is 4.35. The minimum absolute atomic E-state index is 0.548. The molecule has 130 valence electrons. The van der Waals surface area contributed by atoms with Gasteiger partial charge in [0, 0.05) is 11.3 Å². The molecule has 0 unspecified atom stereocenters. The van der Waals surface area contributed by atoms with Gasteiger partial charge in [0.25, 0.3) is 0 Å². The molecule has 0 radical (unpaired) electrons. The first-order chi connectivity index (χ1) is 11.6. The average Bonchev–Trinajstić information content (AvgIpc) is 2.79. The van der Waals surface area contributed by atoms with E-state index in [4.69, 9.17) is 16.3 Å². The van der Waals surface area contributed by atoms with Gasteiger partial charge in [0.05, 0.1) is 17.3 Å². The third-order valence-corrected chi connectivity index (χ3v) is 6.10. The van der Waals surface area contributed by atoms with Crippen molar-refractivity contribution in [1.82, 2.24) is 10.3 Å². The monoisotopic (exact) mass is 366 g/mol. The maximum Gasteiger partial charge on any atom is 0.137 e. The van der Waals surface area contributed by atoms with Crippen molar-refractivity contribution in [2.45, 2.75) is 38.2 Å². The van der Waals surface area contributed by atoms with E-state index in [2.05, 4.69) is 10.3 Å². The molecule has 6 heteroatoms. The lowest BCUT2D eigenvalue weighted by Crippen LogP contribution is -2.27. The maximum absolute atomic E-state index is 11.0. The maximum atomic E-state index is 11.0. The summed E-state index contributed by atoms with van der Waals surface area (Å²) in [5.41, 5.74) is 0.198. The molecule has 1 aliphatic rings. The second-order valence-corrected chi connectivity index (χ2v) is 7.68. The third kappa shape index (κ3) is 4.09. The van der Waals surface area contributed by atoms with Gasteiger partial charge in [0.15, 0.2) is 0 Å². The zero-order valence-electron chi connectivity index (χ0n) is 13.8. The first-order valence-corrected chi connectivity index (χ1v) is 9.55. The Morgan fingerprint density at radius 3 is 3.00 bits per heavy atom. The van der Waals surface area contributed by atoms with Crippen LogP contribution in [0.15, 0.2) is 24.3 Å². The molecule has 1 atom stereocenters. The van der Waals surface area contributed by atoms with Gasteiger partial charge in [-0.25, -0.2) is 4.98 Å². The van der Waals surface area contributed by atoms with Crippen LogP contribution in [-0.4, -0.2) is 29.8 Å². The standard InChI is InChI=1S/C18H23ClN2O2S/c1-13-16(7-12-23-15-6-3-2-5-14(15)19)24-17(21-13)18(22)8-4-10-20-11-9-18/h2-3,5-6,20,22H,4,7-12H2,1H3/t18-/m1/s1. The van der Waals surface area contributed by atoms with Crippen LogP contribution in [0.5, 0.6) is 5.75 Å². The van der Waals surface area contributed by atoms with Crippen molar-refractivity contribution in [3.05, 3.63) is 44.9 Å². The molecule has 2 aromatic rings. The number of hydrogen-bond acceptors (Lipinski definition) is 5. The average molecular weight is 367 g/mol. The van der Waals surface area contributed by atoms with Crippen molar-refractivity contribution in [2.75, 3.05) is 19.7 Å². The molecular weight excluding hydrogens is 344 g/mol. The van der Waals surface area contributed by atoms with Crippen LogP contribution in [0.3, 0.4) is 0 Å². The minimum Gasteiger partial charge on any atom is -0.492 e. The van der Waals surface area contributed by atoms with Crippen LogP contribution < -0.4 is 10.1 Å². The number of para-hydroxylation sites is 1. The van der Waals surface area contributed by atoms with Crippen molar-refractivity contribution < 1.29 is 9.84 Å². The summed E-state index contributed by atoms with van der Waals surface area (Å²) in [7, 11) is 0. The van der Waals surface area contributed by atoms with Gasteiger partial charge in [-0.15, -0.1) is 11.3 Å². The summed E-state index contributed by atoms with van der Waals surface area (Å²) >= 11 is 7.71. The quantitative estimate of drug-likeness (QED) is 0.847. The normalized spacial score (nSPS) is 21.5. The van der Waals surface area contributed by atoms with Gasteiger partial charge < -0.3 is 15.2 Å². The van der Waals surface area contributed by atoms with E-state index in [1.54, 1.807) is 11.3 Å². The second kappa shape index (κ2) is 7.83. The molecule has 2 heterocycles. The van der Waals surface area contributed by atoms with Crippen LogP contribution in [0, 0.1) is 6.92 Å². The molecule has 24 heavy (non-hydrogen) atoms. The first kappa shape index (κ1) is 17.7. The van der Waals surface area contributed by atoms with Crippen LogP contribution in [0.2, 0.25) is 5.02 Å². The molecule has 4 nitrogen and oxygen atoms in total. The number of hydrogen-bond donors (Lipinski definition) is 2. The highest BCUT2D eigenvalue weighted by atomic mass is 35.5. The van der Waals surface area contributed by atoms with Crippen molar-refractivity contribution in [1.29, 1.82) is 0 Å². The van der Waals surface area contributed by atoms with Gasteiger partial charge in [0.2, 0.25) is 0 Å². The highest BCUT2D eigenvalue weighted by Gasteiger charge is 2.33. The van der Waals surface area contributed by atoms with E-state index in [9.17, 15) is 5.11 Å². The molecule has 3 rings (SSSR count). The van der Waals surface area contributed by atoms with E-state index in [1.165, 1.54) is 4.88 Å². The molecule has 0 amide bonds. The fraction of sp³-hybridized carbons (Fsp3) is 0.500. The third-order valence-electron chi connectivity index (χ3n) is 4.37. The van der Waals surface area contributed by atoms with E-state index in [0.29, 0.717) is 17.4 Å². The molecule has 2 N–H and O–H groups in total. The topological polar surface area (TPSA) is 54.4 Å². The Bertz CT molecular complexity index is 681. The van der Waals surface area contributed by atoms with Gasteiger partial charge in [-0.3, -0.25) is 0 Å². The highest BCUT2D eigenvalue weighted by Crippen LogP contribution is 2.35. The van der Waals surface area contributed by atoms with Crippen molar-refractivity contribution >= 4 is 22.9 Å². The molecule has 0 aliphatic carbocycles. The molecule has 0 spiro atoms. The Kier molecular flexibility index (Phi) is 5.76. The summed E-state index contributed by atoms with van der Waals surface area (Å²) in [4.78, 5) is 5.82. The predicted octanol–water partition coefficient (Wildman–Crippen LogP) is 3.69. The van der Waals surface area contributed by atoms with E-state index >= 15 is 0 Å². The van der Waals surface area contributed by atoms with Crippen LogP contribution in [-0.2, 0) is 12.0 Å². The van der Waals surface area contributed by atoms with Crippen LogP contribution in [0.1, 0.15) is 34.8 Å². The summed E-state index contributed by atoms with van der Waals surface area (Å²) in [6.07, 6.45) is 3.22. The fourth-order valence-electron chi connectivity index (χ4n) is 2.94. The molecule has 1 aromatic heterocycles. The highest BCUT2D eigenvalue weighted by molar-refractivity contribution is 7.11. The lowest BCUT2D eigenvalue weighted by molar-refractivity contribution is 0.0237. The first-order valence-electron chi connectivity index (χ1n) is 8.36. The number of nitrogens with one attached hydrogen (secondary N) is 1. The fourth-order valence-corrected chi connectivity index (χ4v) is 4.32. The zero-order valence-corrected chi connectivity index (χ0v) is 15.4. The van der Waals surface area contributed by atoms with Gasteiger partial charge >= 0.3 is 0 Å². The van der Waals surface area contributed by atoms with Crippen LogP contribution >= 0.6 is 22.9 Å². The van der Waals surface area contributed by atoms with Crippen molar-refractivity contribution in [2.24, 2.45) is 0 Å². The molecular formula is C18H23ClN2O2S. The summed E-state index contributed by atoms with van der Waals surface area (Å²) in [5, 5.41) is 15.8. The lowest BCUT2D eigenvalue weighted by Gasteiger charge is -2.23. The largest absolute Gasteiger partial charge is 0.492 e. The molecule has 1 aliphatic heterocycles. The van der Waals surface area contributed by atoms with Crippen molar-refractivity contribution in [3.8, 4) is 5.75 Å². The number of aliphatic hydroxyl groups is 1. The summed E-state index contributed by atoms with van der Waals surface area (Å²) < 4.78 is 5.77. The van der Waals surface area contributed by atoms with E-state index < -0.39 is 5.60 Å². The van der Waals surface area contributed by atoms with Gasteiger partial charge in [-0.05, 0) is 51.4 Å². The predicted molar refractivity (Wildman–Crippen MR) is 98.1 cm³/mol. The zero-order chi connectivity index (χ0) is 17.0. The number of nitrogens with zero attached hydrogens (tertiary/aromatic N) is 1. The van der Waals surface area contributed by atoms with E-state index in [-0.39, 0.29) is 0 Å². The Morgan fingerprint density at radius 1 is 1.33 bits per heavy atom. The Hall–Kier alpha value is -1.14. The van der Waals surface area contributed by atoms with Gasteiger partial charge in [-0.1, -0.05) is 23.7 Å². The SMILES string of the molecule is Cc1nc([C@@]2(O)CCCNCC2)sc1CCOc1ccccc1Cl. The number of rotatable bonds is 5. The summed E-state index contributed by atoms with van der Waals surface area (Å²) in [5.74, 6) is 0.704. The number of benzene rings is 1. The number of thiazole rings is 1.